The Morgan fingerprint density at radius 3 is 2.95 bits per heavy atom. The van der Waals surface area contributed by atoms with Gasteiger partial charge in [0.2, 0.25) is 5.91 Å². The quantitative estimate of drug-likeness (QED) is 0.842. The third-order valence-corrected chi connectivity index (χ3v) is 3.80. The zero-order valence-electron chi connectivity index (χ0n) is 13.4. The number of aromatic nitrogens is 1. The fourth-order valence-corrected chi connectivity index (χ4v) is 2.54. The fourth-order valence-electron chi connectivity index (χ4n) is 2.54. The van der Waals surface area contributed by atoms with E-state index in [4.69, 9.17) is 4.52 Å². The van der Waals surface area contributed by atoms with Crippen LogP contribution >= 0.6 is 0 Å². The van der Waals surface area contributed by atoms with Crippen LogP contribution in [0.5, 0.6) is 0 Å². The Morgan fingerprint density at radius 2 is 2.24 bits per heavy atom. The van der Waals surface area contributed by atoms with Crippen LogP contribution in [0.2, 0.25) is 0 Å². The molecule has 0 radical (unpaired) electrons. The number of nitrogens with zero attached hydrogens (tertiary/aromatic N) is 2. The summed E-state index contributed by atoms with van der Waals surface area (Å²) in [7, 11) is 3.93. The Hall–Kier alpha value is -1.62. The Bertz CT molecular complexity index is 530. The summed E-state index contributed by atoms with van der Waals surface area (Å²) < 4.78 is 5.40. The topological polar surface area (TPSA) is 58.4 Å². The van der Waals surface area contributed by atoms with E-state index >= 15 is 0 Å². The molecule has 1 aromatic heterocycles. The van der Waals surface area contributed by atoms with Crippen molar-refractivity contribution in [2.75, 3.05) is 20.6 Å². The molecular weight excluding hydrogens is 266 g/mol. The molecule has 1 aromatic rings. The zero-order valence-corrected chi connectivity index (χ0v) is 13.4. The molecule has 5 nitrogen and oxygen atoms in total. The van der Waals surface area contributed by atoms with Gasteiger partial charge in [0.05, 0.1) is 6.54 Å². The monoisotopic (exact) mass is 291 g/mol. The molecule has 1 amide bonds. The second-order valence-corrected chi connectivity index (χ2v) is 6.75. The van der Waals surface area contributed by atoms with Crippen LogP contribution in [0.3, 0.4) is 0 Å². The Labute approximate surface area is 126 Å². The zero-order chi connectivity index (χ0) is 15.5. The number of likely N-dealkylation sites (N-methyl/N-ethyl adjacent to an activating group) is 1. The highest BCUT2D eigenvalue weighted by molar-refractivity contribution is 5.87. The number of hydrogen-bond acceptors (Lipinski definition) is 4. The van der Waals surface area contributed by atoms with Crippen molar-refractivity contribution in [1.82, 2.24) is 15.4 Å². The van der Waals surface area contributed by atoms with Gasteiger partial charge < -0.3 is 14.7 Å². The number of hydrogen-bond donors (Lipinski definition) is 1. The van der Waals surface area contributed by atoms with Crippen molar-refractivity contribution in [3.63, 3.8) is 0 Å². The average molecular weight is 291 g/mol. The summed E-state index contributed by atoms with van der Waals surface area (Å²) in [4.78, 5) is 13.7. The fraction of sp³-hybridized carbons (Fsp3) is 0.625. The lowest BCUT2D eigenvalue weighted by molar-refractivity contribution is -0.116. The van der Waals surface area contributed by atoms with E-state index in [1.807, 2.05) is 25.1 Å². The van der Waals surface area contributed by atoms with Crippen LogP contribution < -0.4 is 5.32 Å². The lowest BCUT2D eigenvalue weighted by atomic mass is 9.76. The molecule has 21 heavy (non-hydrogen) atoms. The minimum atomic E-state index is -0.0938. The number of carbonyl (C=O) groups excluding carboxylic acids is 1. The first-order valence-electron chi connectivity index (χ1n) is 7.43. The van der Waals surface area contributed by atoms with Crippen molar-refractivity contribution in [3.05, 3.63) is 29.2 Å². The summed E-state index contributed by atoms with van der Waals surface area (Å²) in [5, 5.41) is 6.99. The molecule has 0 spiro atoms. The molecule has 116 valence electrons. The normalized spacial score (nSPS) is 17.2. The summed E-state index contributed by atoms with van der Waals surface area (Å²) in [6.07, 6.45) is 6.43. The van der Waals surface area contributed by atoms with E-state index in [9.17, 15) is 4.79 Å². The Morgan fingerprint density at radius 1 is 1.48 bits per heavy atom. The summed E-state index contributed by atoms with van der Waals surface area (Å²) in [6.45, 7) is 5.70. The molecule has 0 fully saturated rings. The first-order chi connectivity index (χ1) is 9.87. The van der Waals surface area contributed by atoms with Gasteiger partial charge in [0.25, 0.3) is 0 Å². The molecule has 0 saturated heterocycles. The van der Waals surface area contributed by atoms with Crippen molar-refractivity contribution < 1.29 is 9.32 Å². The minimum absolute atomic E-state index is 0.0938. The van der Waals surface area contributed by atoms with Gasteiger partial charge in [0.15, 0.2) is 0 Å². The second-order valence-electron chi connectivity index (χ2n) is 6.75. The van der Waals surface area contributed by atoms with Gasteiger partial charge in [-0.25, -0.2) is 0 Å². The van der Waals surface area contributed by atoms with E-state index in [0.717, 1.165) is 37.3 Å². The lowest BCUT2D eigenvalue weighted by Crippen LogP contribution is -2.25. The van der Waals surface area contributed by atoms with E-state index < -0.39 is 0 Å². The maximum Gasteiger partial charge on any atom is 0.244 e. The van der Waals surface area contributed by atoms with Gasteiger partial charge in [-0.05, 0) is 32.4 Å². The molecule has 0 bridgehead atoms. The van der Waals surface area contributed by atoms with E-state index in [-0.39, 0.29) is 11.3 Å². The molecule has 0 saturated carbocycles. The number of nitrogens with one attached hydrogen (secondary N) is 1. The predicted molar refractivity (Wildman–Crippen MR) is 81.8 cm³/mol. The molecule has 5 heteroatoms. The van der Waals surface area contributed by atoms with Crippen molar-refractivity contribution in [2.24, 2.45) is 5.41 Å². The first kappa shape index (κ1) is 15.8. The van der Waals surface area contributed by atoms with E-state index in [0.29, 0.717) is 6.54 Å². The molecule has 1 aliphatic rings. The van der Waals surface area contributed by atoms with Crippen LogP contribution in [0, 0.1) is 5.41 Å². The summed E-state index contributed by atoms with van der Waals surface area (Å²) >= 11 is 0. The van der Waals surface area contributed by atoms with Crippen LogP contribution in [0.15, 0.2) is 16.7 Å². The maximum atomic E-state index is 11.7. The third kappa shape index (κ3) is 4.43. The van der Waals surface area contributed by atoms with Crippen LogP contribution in [-0.4, -0.2) is 36.6 Å². The lowest BCUT2D eigenvalue weighted by Gasteiger charge is -2.28. The number of carbonyl (C=O) groups is 1. The Balaban J connectivity index is 1.91. The van der Waals surface area contributed by atoms with Gasteiger partial charge >= 0.3 is 0 Å². The number of amides is 1. The Kier molecular flexibility index (Phi) is 4.83. The third-order valence-electron chi connectivity index (χ3n) is 3.80. The number of fused-ring (bicyclic) bond motifs is 1. The molecule has 0 atom stereocenters. The van der Waals surface area contributed by atoms with E-state index in [1.54, 1.807) is 6.08 Å². The highest BCUT2D eigenvalue weighted by atomic mass is 16.5. The molecular formula is C16H25N3O2. The second kappa shape index (κ2) is 6.43. The maximum absolute atomic E-state index is 11.7. The molecule has 0 aliphatic heterocycles. The van der Waals surface area contributed by atoms with E-state index in [2.05, 4.69) is 24.3 Å². The standard InChI is InChI=1S/C16H25N3O2/c1-16(2)8-7-14-12(10-16)13(18-21-14)11-17-15(20)6-5-9-19(3)4/h5-6H,7-11H2,1-4H3,(H,17,20)/b6-5+. The molecule has 1 N–H and O–H groups in total. The van der Waals surface area contributed by atoms with Crippen molar-refractivity contribution in [2.45, 2.75) is 39.7 Å². The number of aryl methyl sites for hydroxylation is 1. The number of rotatable bonds is 5. The van der Waals surface area contributed by atoms with Crippen molar-refractivity contribution >= 4 is 5.91 Å². The highest BCUT2D eigenvalue weighted by Gasteiger charge is 2.30. The van der Waals surface area contributed by atoms with Gasteiger partial charge in [-0.3, -0.25) is 4.79 Å². The SMILES string of the molecule is CN(C)C/C=C/C(=O)NCc1noc2c1CC(C)(C)CC2. The average Bonchev–Trinajstić information content (AvgIpc) is 2.77. The minimum Gasteiger partial charge on any atom is -0.361 e. The first-order valence-corrected chi connectivity index (χ1v) is 7.43. The van der Waals surface area contributed by atoms with Crippen molar-refractivity contribution in [1.29, 1.82) is 0 Å². The van der Waals surface area contributed by atoms with Crippen LogP contribution in [-0.2, 0) is 24.2 Å². The van der Waals surface area contributed by atoms with Crippen LogP contribution in [0.25, 0.3) is 0 Å². The molecule has 0 unspecified atom stereocenters. The van der Waals surface area contributed by atoms with Crippen LogP contribution in [0.4, 0.5) is 0 Å². The molecule has 0 aromatic carbocycles. The molecule has 1 heterocycles. The summed E-state index contributed by atoms with van der Waals surface area (Å²) in [5.74, 6) is 0.894. The van der Waals surface area contributed by atoms with E-state index in [1.165, 1.54) is 5.56 Å². The molecule has 1 aliphatic carbocycles. The summed E-state index contributed by atoms with van der Waals surface area (Å²) in [5.41, 5.74) is 2.33. The largest absolute Gasteiger partial charge is 0.361 e. The highest BCUT2D eigenvalue weighted by Crippen LogP contribution is 2.36. The van der Waals surface area contributed by atoms with Gasteiger partial charge in [-0.15, -0.1) is 0 Å². The summed E-state index contributed by atoms with van der Waals surface area (Å²) in [6, 6.07) is 0. The van der Waals surface area contributed by atoms with Gasteiger partial charge in [0.1, 0.15) is 11.5 Å². The van der Waals surface area contributed by atoms with Gasteiger partial charge in [-0.2, -0.15) is 0 Å². The predicted octanol–water partition coefficient (Wildman–Crippen LogP) is 1.92. The van der Waals surface area contributed by atoms with Gasteiger partial charge in [0, 0.05) is 24.6 Å². The smallest absolute Gasteiger partial charge is 0.244 e. The van der Waals surface area contributed by atoms with Crippen LogP contribution in [0.1, 0.15) is 37.3 Å². The molecule has 2 rings (SSSR count). The van der Waals surface area contributed by atoms with Gasteiger partial charge in [-0.1, -0.05) is 25.1 Å². The van der Waals surface area contributed by atoms with Crippen molar-refractivity contribution in [3.8, 4) is 0 Å².